The third kappa shape index (κ3) is 5.09. The van der Waals surface area contributed by atoms with Crippen LogP contribution in [0.15, 0.2) is 0 Å². The van der Waals surface area contributed by atoms with Gasteiger partial charge in [0.05, 0.1) is 12.6 Å². The van der Waals surface area contributed by atoms with Gasteiger partial charge in [-0.15, -0.1) is 0 Å². The van der Waals surface area contributed by atoms with E-state index in [0.29, 0.717) is 12.5 Å². The number of amides is 2. The van der Waals surface area contributed by atoms with Gasteiger partial charge in [-0.05, 0) is 31.2 Å². The van der Waals surface area contributed by atoms with Gasteiger partial charge < -0.3 is 22.1 Å². The van der Waals surface area contributed by atoms with E-state index in [1.807, 2.05) is 13.8 Å². The van der Waals surface area contributed by atoms with Crippen LogP contribution in [0.25, 0.3) is 0 Å². The fourth-order valence-corrected chi connectivity index (χ4v) is 2.53. The highest BCUT2D eigenvalue weighted by Gasteiger charge is 2.25. The SMILES string of the molecule is CC(C)[C@H](N)C(=O)NCC(=O)NC1CCCCC1CN. The second-order valence-corrected chi connectivity index (χ2v) is 5.94. The minimum Gasteiger partial charge on any atom is -0.352 e. The molecule has 0 heterocycles. The van der Waals surface area contributed by atoms with Gasteiger partial charge in [-0.1, -0.05) is 26.7 Å². The number of rotatable bonds is 6. The Morgan fingerprint density at radius 2 is 1.90 bits per heavy atom. The van der Waals surface area contributed by atoms with Crippen molar-refractivity contribution in [1.29, 1.82) is 0 Å². The van der Waals surface area contributed by atoms with Gasteiger partial charge in [0.15, 0.2) is 0 Å². The van der Waals surface area contributed by atoms with Crippen molar-refractivity contribution in [3.05, 3.63) is 0 Å². The lowest BCUT2D eigenvalue weighted by Gasteiger charge is -2.31. The van der Waals surface area contributed by atoms with E-state index in [0.717, 1.165) is 19.3 Å². The quantitative estimate of drug-likeness (QED) is 0.537. The van der Waals surface area contributed by atoms with Crippen LogP contribution in [0.2, 0.25) is 0 Å². The summed E-state index contributed by atoms with van der Waals surface area (Å²) in [6.45, 7) is 4.32. The van der Waals surface area contributed by atoms with E-state index in [-0.39, 0.29) is 30.3 Å². The Bertz CT molecular complexity index is 333. The minimum atomic E-state index is -0.575. The number of nitrogens with two attached hydrogens (primary N) is 2. The molecule has 1 aliphatic rings. The first kappa shape index (κ1) is 16.9. The molecule has 6 nitrogen and oxygen atoms in total. The zero-order chi connectivity index (χ0) is 15.1. The van der Waals surface area contributed by atoms with Gasteiger partial charge in [0.25, 0.3) is 0 Å². The normalized spacial score (nSPS) is 24.2. The van der Waals surface area contributed by atoms with Crippen LogP contribution in [0.5, 0.6) is 0 Å². The molecule has 1 fully saturated rings. The van der Waals surface area contributed by atoms with Gasteiger partial charge in [-0.2, -0.15) is 0 Å². The Balaban J connectivity index is 2.34. The van der Waals surface area contributed by atoms with E-state index in [2.05, 4.69) is 10.6 Å². The van der Waals surface area contributed by atoms with Crippen molar-refractivity contribution in [2.75, 3.05) is 13.1 Å². The number of hydrogen-bond donors (Lipinski definition) is 4. The summed E-state index contributed by atoms with van der Waals surface area (Å²) in [4.78, 5) is 23.5. The second kappa shape index (κ2) is 8.21. The Morgan fingerprint density at radius 1 is 1.25 bits per heavy atom. The maximum absolute atomic E-state index is 11.9. The van der Waals surface area contributed by atoms with Crippen molar-refractivity contribution in [1.82, 2.24) is 10.6 Å². The third-order valence-electron chi connectivity index (χ3n) is 4.00. The standard InChI is InChI=1S/C14H28N4O2/c1-9(2)13(16)14(20)17-8-12(19)18-11-6-4-3-5-10(11)7-15/h9-11,13H,3-8,15-16H2,1-2H3,(H,17,20)(H,18,19)/t10?,11?,13-/m0/s1. The molecule has 0 bridgehead atoms. The van der Waals surface area contributed by atoms with Crippen molar-refractivity contribution in [3.63, 3.8) is 0 Å². The highest BCUT2D eigenvalue weighted by Crippen LogP contribution is 2.23. The summed E-state index contributed by atoms with van der Waals surface area (Å²) in [5.41, 5.74) is 11.4. The van der Waals surface area contributed by atoms with E-state index in [4.69, 9.17) is 11.5 Å². The summed E-state index contributed by atoms with van der Waals surface area (Å²) in [7, 11) is 0. The summed E-state index contributed by atoms with van der Waals surface area (Å²) in [5.74, 6) is -0.0480. The van der Waals surface area contributed by atoms with E-state index in [1.54, 1.807) is 0 Å². The maximum atomic E-state index is 11.9. The van der Waals surface area contributed by atoms with Crippen molar-refractivity contribution in [2.45, 2.75) is 51.6 Å². The lowest BCUT2D eigenvalue weighted by atomic mass is 9.84. The highest BCUT2D eigenvalue weighted by atomic mass is 16.2. The number of carbonyl (C=O) groups excluding carboxylic acids is 2. The minimum absolute atomic E-state index is 0.0208. The van der Waals surface area contributed by atoms with Crippen molar-refractivity contribution >= 4 is 11.8 Å². The summed E-state index contributed by atoms with van der Waals surface area (Å²) < 4.78 is 0. The molecule has 2 unspecified atom stereocenters. The fraction of sp³-hybridized carbons (Fsp3) is 0.857. The molecule has 0 aromatic rings. The summed E-state index contributed by atoms with van der Waals surface area (Å²) in [5, 5.41) is 5.55. The van der Waals surface area contributed by atoms with Crippen LogP contribution in [0.3, 0.4) is 0 Å². The molecule has 116 valence electrons. The molecule has 0 aromatic heterocycles. The average Bonchev–Trinajstić information content (AvgIpc) is 2.44. The van der Waals surface area contributed by atoms with Crippen LogP contribution in [0.4, 0.5) is 0 Å². The molecule has 0 aliphatic heterocycles. The van der Waals surface area contributed by atoms with Gasteiger partial charge in [0.1, 0.15) is 0 Å². The van der Waals surface area contributed by atoms with Crippen LogP contribution < -0.4 is 22.1 Å². The van der Waals surface area contributed by atoms with Crippen molar-refractivity contribution in [3.8, 4) is 0 Å². The Labute approximate surface area is 121 Å². The molecule has 2 amide bonds. The fourth-order valence-electron chi connectivity index (χ4n) is 2.53. The molecule has 3 atom stereocenters. The number of hydrogen-bond acceptors (Lipinski definition) is 4. The largest absolute Gasteiger partial charge is 0.352 e. The molecular weight excluding hydrogens is 256 g/mol. The van der Waals surface area contributed by atoms with Gasteiger partial charge >= 0.3 is 0 Å². The predicted molar refractivity (Wildman–Crippen MR) is 78.8 cm³/mol. The Hall–Kier alpha value is -1.14. The van der Waals surface area contributed by atoms with E-state index >= 15 is 0 Å². The molecule has 1 saturated carbocycles. The smallest absolute Gasteiger partial charge is 0.239 e. The molecule has 1 aliphatic carbocycles. The van der Waals surface area contributed by atoms with Crippen molar-refractivity contribution < 1.29 is 9.59 Å². The van der Waals surface area contributed by atoms with Crippen LogP contribution >= 0.6 is 0 Å². The summed E-state index contributed by atoms with van der Waals surface area (Å²) in [6, 6.07) is -0.439. The lowest BCUT2D eigenvalue weighted by Crippen LogP contribution is -2.50. The van der Waals surface area contributed by atoms with Crippen LogP contribution in [0, 0.1) is 11.8 Å². The van der Waals surface area contributed by atoms with Crippen molar-refractivity contribution in [2.24, 2.45) is 23.3 Å². The van der Waals surface area contributed by atoms with Gasteiger partial charge in [0.2, 0.25) is 11.8 Å². The zero-order valence-electron chi connectivity index (χ0n) is 12.5. The Kier molecular flexibility index (Phi) is 6.95. The zero-order valence-corrected chi connectivity index (χ0v) is 12.5. The molecule has 0 saturated heterocycles. The lowest BCUT2D eigenvalue weighted by molar-refractivity contribution is -0.127. The number of nitrogens with one attached hydrogen (secondary N) is 2. The monoisotopic (exact) mass is 284 g/mol. The molecule has 6 heteroatoms. The molecule has 0 spiro atoms. The van der Waals surface area contributed by atoms with Gasteiger partial charge in [0, 0.05) is 6.04 Å². The summed E-state index contributed by atoms with van der Waals surface area (Å²) >= 11 is 0. The van der Waals surface area contributed by atoms with Crippen LogP contribution in [-0.4, -0.2) is 37.0 Å². The van der Waals surface area contributed by atoms with Crippen LogP contribution in [0.1, 0.15) is 39.5 Å². The molecule has 6 N–H and O–H groups in total. The first-order valence-corrected chi connectivity index (χ1v) is 7.48. The Morgan fingerprint density at radius 3 is 2.50 bits per heavy atom. The van der Waals surface area contributed by atoms with E-state index < -0.39 is 6.04 Å². The van der Waals surface area contributed by atoms with Crippen LogP contribution in [-0.2, 0) is 9.59 Å². The van der Waals surface area contributed by atoms with E-state index in [1.165, 1.54) is 6.42 Å². The molecule has 20 heavy (non-hydrogen) atoms. The molecule has 0 radical (unpaired) electrons. The topological polar surface area (TPSA) is 110 Å². The number of carbonyl (C=O) groups is 2. The maximum Gasteiger partial charge on any atom is 0.239 e. The predicted octanol–water partition coefficient (Wildman–Crippen LogP) is -0.280. The van der Waals surface area contributed by atoms with E-state index in [9.17, 15) is 9.59 Å². The first-order valence-electron chi connectivity index (χ1n) is 7.48. The second-order valence-electron chi connectivity index (χ2n) is 5.94. The highest BCUT2D eigenvalue weighted by molar-refractivity contribution is 5.87. The summed E-state index contributed by atoms with van der Waals surface area (Å²) in [6.07, 6.45) is 4.32. The first-order chi connectivity index (χ1) is 9.45. The molecular formula is C14H28N4O2. The average molecular weight is 284 g/mol. The third-order valence-corrected chi connectivity index (χ3v) is 4.00. The molecule has 0 aromatic carbocycles. The van der Waals surface area contributed by atoms with Gasteiger partial charge in [-0.25, -0.2) is 0 Å². The van der Waals surface area contributed by atoms with Gasteiger partial charge in [-0.3, -0.25) is 9.59 Å². The molecule has 1 rings (SSSR count).